The first-order chi connectivity index (χ1) is 10.7. The second-order valence-electron chi connectivity index (χ2n) is 8.54. The number of ether oxygens (including phenoxy) is 2. The first-order valence-corrected chi connectivity index (χ1v) is 9.04. The van der Waals surface area contributed by atoms with E-state index in [4.69, 9.17) is 9.47 Å². The fourth-order valence-electron chi connectivity index (χ4n) is 3.85. The van der Waals surface area contributed by atoms with Gasteiger partial charge in [0.15, 0.2) is 0 Å². The van der Waals surface area contributed by atoms with Gasteiger partial charge < -0.3 is 20.1 Å². The summed E-state index contributed by atoms with van der Waals surface area (Å²) in [6, 6.07) is 0.695. The highest BCUT2D eigenvalue weighted by atomic mass is 16.6. The predicted octanol–water partition coefficient (Wildman–Crippen LogP) is 3.08. The Morgan fingerprint density at radius 2 is 1.96 bits per heavy atom. The van der Waals surface area contributed by atoms with Crippen LogP contribution in [0.2, 0.25) is 0 Å². The first-order valence-electron chi connectivity index (χ1n) is 9.04. The van der Waals surface area contributed by atoms with Crippen molar-refractivity contribution >= 4 is 6.09 Å². The molecule has 1 saturated heterocycles. The minimum absolute atomic E-state index is 0.102. The molecule has 0 aromatic rings. The van der Waals surface area contributed by atoms with Crippen molar-refractivity contribution in [1.29, 1.82) is 0 Å². The summed E-state index contributed by atoms with van der Waals surface area (Å²) < 4.78 is 11.4. The van der Waals surface area contributed by atoms with Crippen LogP contribution in [0.3, 0.4) is 0 Å². The van der Waals surface area contributed by atoms with Crippen LogP contribution in [0.4, 0.5) is 4.79 Å². The van der Waals surface area contributed by atoms with Crippen molar-refractivity contribution in [3.8, 4) is 0 Å². The molecule has 1 aliphatic carbocycles. The third kappa shape index (κ3) is 5.08. The third-order valence-electron chi connectivity index (χ3n) is 4.60. The molecule has 0 spiro atoms. The lowest BCUT2D eigenvalue weighted by Gasteiger charge is -2.54. The molecule has 1 saturated carbocycles. The zero-order valence-corrected chi connectivity index (χ0v) is 15.5. The summed E-state index contributed by atoms with van der Waals surface area (Å²) in [7, 11) is 0. The summed E-state index contributed by atoms with van der Waals surface area (Å²) in [6.07, 6.45) is 3.20. The van der Waals surface area contributed by atoms with Crippen molar-refractivity contribution in [1.82, 2.24) is 10.6 Å². The van der Waals surface area contributed by atoms with Gasteiger partial charge in [-0.15, -0.1) is 0 Å². The van der Waals surface area contributed by atoms with E-state index in [0.29, 0.717) is 17.9 Å². The molecule has 0 aromatic heterocycles. The van der Waals surface area contributed by atoms with Crippen LogP contribution in [0.15, 0.2) is 0 Å². The number of alkyl carbamates (subject to hydrolysis) is 1. The maximum Gasteiger partial charge on any atom is 0.407 e. The second-order valence-corrected chi connectivity index (χ2v) is 8.54. The second kappa shape index (κ2) is 7.39. The average molecular weight is 326 g/mol. The maximum atomic E-state index is 12.1. The Balaban J connectivity index is 1.95. The van der Waals surface area contributed by atoms with E-state index >= 15 is 0 Å². The molecule has 2 rings (SSSR count). The summed E-state index contributed by atoms with van der Waals surface area (Å²) in [5, 5.41) is 6.75. The summed E-state index contributed by atoms with van der Waals surface area (Å²) in [6.45, 7) is 13.2. The van der Waals surface area contributed by atoms with E-state index in [1.807, 2.05) is 20.8 Å². The SMILES string of the molecule is CC(C)CC(C)NC1C(NC(=O)OC(C)(C)C)C2CCCOC21. The van der Waals surface area contributed by atoms with Gasteiger partial charge in [-0.05, 0) is 52.9 Å². The molecule has 1 heterocycles. The molecule has 5 atom stereocenters. The summed E-state index contributed by atoms with van der Waals surface area (Å²) in [4.78, 5) is 12.1. The Labute approximate surface area is 140 Å². The van der Waals surface area contributed by atoms with E-state index in [2.05, 4.69) is 31.4 Å². The lowest BCUT2D eigenvalue weighted by atomic mass is 9.68. The van der Waals surface area contributed by atoms with Crippen molar-refractivity contribution in [3.63, 3.8) is 0 Å². The van der Waals surface area contributed by atoms with Crippen LogP contribution in [0, 0.1) is 11.8 Å². The van der Waals surface area contributed by atoms with Crippen molar-refractivity contribution in [3.05, 3.63) is 0 Å². The number of hydrogen-bond donors (Lipinski definition) is 2. The molecule has 134 valence electrons. The van der Waals surface area contributed by atoms with Gasteiger partial charge in [0.05, 0.1) is 18.2 Å². The average Bonchev–Trinajstić information content (AvgIpc) is 2.40. The molecule has 0 aromatic carbocycles. The molecule has 5 unspecified atom stereocenters. The van der Waals surface area contributed by atoms with Crippen molar-refractivity contribution in [2.45, 2.75) is 90.6 Å². The van der Waals surface area contributed by atoms with Crippen LogP contribution in [0.1, 0.15) is 60.8 Å². The van der Waals surface area contributed by atoms with Crippen LogP contribution in [-0.4, -0.2) is 42.5 Å². The predicted molar refractivity (Wildman–Crippen MR) is 91.5 cm³/mol. The van der Waals surface area contributed by atoms with Crippen molar-refractivity contribution in [2.75, 3.05) is 6.61 Å². The first kappa shape index (κ1) is 18.5. The maximum absolute atomic E-state index is 12.1. The van der Waals surface area contributed by atoms with Gasteiger partial charge in [0.1, 0.15) is 5.60 Å². The van der Waals surface area contributed by atoms with E-state index in [0.717, 1.165) is 25.9 Å². The number of amides is 1. The van der Waals surface area contributed by atoms with E-state index in [1.54, 1.807) is 0 Å². The van der Waals surface area contributed by atoms with Crippen molar-refractivity contribution in [2.24, 2.45) is 11.8 Å². The third-order valence-corrected chi connectivity index (χ3v) is 4.60. The molecule has 2 fully saturated rings. The highest BCUT2D eigenvalue weighted by Crippen LogP contribution is 2.38. The quantitative estimate of drug-likeness (QED) is 0.815. The van der Waals surface area contributed by atoms with Crippen LogP contribution >= 0.6 is 0 Å². The number of fused-ring (bicyclic) bond motifs is 1. The van der Waals surface area contributed by atoms with Gasteiger partial charge in [0.2, 0.25) is 0 Å². The molecule has 1 aliphatic heterocycles. The van der Waals surface area contributed by atoms with Crippen molar-refractivity contribution < 1.29 is 14.3 Å². The Bertz CT molecular complexity index is 406. The van der Waals surface area contributed by atoms with Gasteiger partial charge in [-0.3, -0.25) is 0 Å². The Hall–Kier alpha value is -0.810. The topological polar surface area (TPSA) is 59.6 Å². The van der Waals surface area contributed by atoms with Crippen LogP contribution < -0.4 is 10.6 Å². The standard InChI is InChI=1S/C18H34N2O3/c1-11(2)10-12(3)19-15-14(13-8-7-9-22-16(13)15)20-17(21)23-18(4,5)6/h11-16,19H,7-10H2,1-6H3,(H,20,21). The molecular weight excluding hydrogens is 292 g/mol. The van der Waals surface area contributed by atoms with Gasteiger partial charge in [-0.2, -0.15) is 0 Å². The normalized spacial score (nSPS) is 32.0. The number of carbonyl (C=O) groups is 1. The Morgan fingerprint density at radius 1 is 1.26 bits per heavy atom. The minimum Gasteiger partial charge on any atom is -0.444 e. The molecule has 0 radical (unpaired) electrons. The van der Waals surface area contributed by atoms with Gasteiger partial charge >= 0.3 is 6.09 Å². The minimum atomic E-state index is -0.468. The fraction of sp³-hybridized carbons (Fsp3) is 0.944. The van der Waals surface area contributed by atoms with Gasteiger partial charge in [-0.1, -0.05) is 13.8 Å². The molecule has 23 heavy (non-hydrogen) atoms. The number of nitrogens with one attached hydrogen (secondary N) is 2. The van der Waals surface area contributed by atoms with Crippen LogP contribution in [-0.2, 0) is 9.47 Å². The largest absolute Gasteiger partial charge is 0.444 e. The molecule has 1 amide bonds. The molecule has 0 bridgehead atoms. The summed E-state index contributed by atoms with van der Waals surface area (Å²) in [5.41, 5.74) is -0.468. The Kier molecular flexibility index (Phi) is 5.95. The highest BCUT2D eigenvalue weighted by Gasteiger charge is 2.53. The van der Waals surface area contributed by atoms with Crippen LogP contribution in [0.5, 0.6) is 0 Å². The highest BCUT2D eigenvalue weighted by molar-refractivity contribution is 5.68. The summed E-state index contributed by atoms with van der Waals surface area (Å²) >= 11 is 0. The van der Waals surface area contributed by atoms with E-state index in [-0.39, 0.29) is 24.3 Å². The van der Waals surface area contributed by atoms with Gasteiger partial charge in [-0.25, -0.2) is 4.79 Å². The van der Waals surface area contributed by atoms with Gasteiger partial charge in [0.25, 0.3) is 0 Å². The molecule has 5 nitrogen and oxygen atoms in total. The van der Waals surface area contributed by atoms with Gasteiger partial charge in [0, 0.05) is 18.6 Å². The molecule has 2 N–H and O–H groups in total. The monoisotopic (exact) mass is 326 g/mol. The zero-order chi connectivity index (χ0) is 17.2. The smallest absolute Gasteiger partial charge is 0.407 e. The van der Waals surface area contributed by atoms with E-state index < -0.39 is 5.60 Å². The molecule has 2 aliphatic rings. The molecular formula is C18H34N2O3. The number of rotatable bonds is 5. The van der Waals surface area contributed by atoms with E-state index in [9.17, 15) is 4.79 Å². The lowest BCUT2D eigenvalue weighted by Crippen LogP contribution is -2.74. The Morgan fingerprint density at radius 3 is 2.57 bits per heavy atom. The fourth-order valence-corrected chi connectivity index (χ4v) is 3.85. The van der Waals surface area contributed by atoms with E-state index in [1.165, 1.54) is 0 Å². The lowest BCUT2D eigenvalue weighted by molar-refractivity contribution is -0.130. The number of carbonyl (C=O) groups excluding carboxylic acids is 1. The van der Waals surface area contributed by atoms with Crippen LogP contribution in [0.25, 0.3) is 0 Å². The summed E-state index contributed by atoms with van der Waals surface area (Å²) in [5.74, 6) is 1.05. The molecule has 5 heteroatoms. The zero-order valence-electron chi connectivity index (χ0n) is 15.5. The number of hydrogen-bond acceptors (Lipinski definition) is 4.